The van der Waals surface area contributed by atoms with Crippen molar-refractivity contribution in [2.45, 2.75) is 0 Å². The number of anilines is 1. The van der Waals surface area contributed by atoms with Crippen molar-refractivity contribution in [2.24, 2.45) is 5.10 Å². The Morgan fingerprint density at radius 3 is 2.19 bits per heavy atom. The predicted octanol–water partition coefficient (Wildman–Crippen LogP) is 5.66. The number of rotatable bonds is 10. The van der Waals surface area contributed by atoms with E-state index >= 15 is 0 Å². The third kappa shape index (κ3) is 8.64. The standard InChI is InChI=1S/C33H29BrN4O5/c1-38(2)27-15-12-22(13-16-27)18-28(36-31(39)24-8-5-4-6-9-24)32(40)37-35-21-23-14-17-29(30(19-23)42-3)43-33(41)25-10-7-11-26(34)20-25/h4-21H,1-3H3,(H,36,39)(H,37,40)/b28-18-,35-21+. The Morgan fingerprint density at radius 1 is 0.814 bits per heavy atom. The van der Waals surface area contributed by atoms with E-state index in [0.717, 1.165) is 10.2 Å². The molecule has 0 radical (unpaired) electrons. The highest BCUT2D eigenvalue weighted by atomic mass is 79.9. The van der Waals surface area contributed by atoms with Gasteiger partial charge in [-0.25, -0.2) is 10.2 Å². The maximum absolute atomic E-state index is 13.1. The molecular weight excluding hydrogens is 612 g/mol. The molecule has 4 aromatic carbocycles. The van der Waals surface area contributed by atoms with Gasteiger partial charge in [0.15, 0.2) is 11.5 Å². The van der Waals surface area contributed by atoms with Crippen molar-refractivity contribution in [2.75, 3.05) is 26.1 Å². The number of nitrogens with zero attached hydrogens (tertiary/aromatic N) is 2. The lowest BCUT2D eigenvalue weighted by Gasteiger charge is -2.13. The highest BCUT2D eigenvalue weighted by Gasteiger charge is 2.15. The van der Waals surface area contributed by atoms with Gasteiger partial charge in [0.1, 0.15) is 5.70 Å². The Balaban J connectivity index is 1.49. The SMILES string of the molecule is COc1cc(/C=N/NC(=O)/C(=C/c2ccc(N(C)C)cc2)NC(=O)c2ccccc2)ccc1OC(=O)c1cccc(Br)c1. The van der Waals surface area contributed by atoms with Crippen LogP contribution in [0.2, 0.25) is 0 Å². The number of hydrazone groups is 1. The van der Waals surface area contributed by atoms with E-state index in [1.165, 1.54) is 13.3 Å². The van der Waals surface area contributed by atoms with E-state index in [-0.39, 0.29) is 11.4 Å². The largest absolute Gasteiger partial charge is 0.493 e. The molecule has 0 fully saturated rings. The van der Waals surface area contributed by atoms with Crippen LogP contribution in [0.4, 0.5) is 5.69 Å². The normalized spacial score (nSPS) is 11.1. The molecule has 0 atom stereocenters. The smallest absolute Gasteiger partial charge is 0.343 e. The van der Waals surface area contributed by atoms with Gasteiger partial charge in [0, 0.05) is 29.8 Å². The summed E-state index contributed by atoms with van der Waals surface area (Å²) in [6.45, 7) is 0. The Labute approximate surface area is 258 Å². The van der Waals surface area contributed by atoms with Gasteiger partial charge < -0.3 is 19.7 Å². The zero-order valence-electron chi connectivity index (χ0n) is 23.7. The number of halogens is 1. The van der Waals surface area contributed by atoms with Crippen LogP contribution >= 0.6 is 15.9 Å². The van der Waals surface area contributed by atoms with Crippen LogP contribution in [0.15, 0.2) is 112 Å². The van der Waals surface area contributed by atoms with Crippen LogP contribution in [0.1, 0.15) is 31.8 Å². The number of esters is 1. The summed E-state index contributed by atoms with van der Waals surface area (Å²) in [5, 5.41) is 6.74. The number of methoxy groups -OCH3 is 1. The van der Waals surface area contributed by atoms with Gasteiger partial charge in [0.25, 0.3) is 11.8 Å². The van der Waals surface area contributed by atoms with Crippen molar-refractivity contribution in [3.05, 3.63) is 129 Å². The first-order valence-electron chi connectivity index (χ1n) is 13.1. The van der Waals surface area contributed by atoms with Crippen molar-refractivity contribution in [3.8, 4) is 11.5 Å². The fourth-order valence-corrected chi connectivity index (χ4v) is 4.23. The lowest BCUT2D eigenvalue weighted by molar-refractivity contribution is -0.117. The van der Waals surface area contributed by atoms with Crippen LogP contribution in [0.25, 0.3) is 6.08 Å². The molecule has 0 saturated carbocycles. The van der Waals surface area contributed by atoms with Crippen LogP contribution in [0.3, 0.4) is 0 Å². The van der Waals surface area contributed by atoms with Crippen LogP contribution in [0.5, 0.6) is 11.5 Å². The molecule has 0 aliphatic rings. The minimum absolute atomic E-state index is 0.0102. The summed E-state index contributed by atoms with van der Waals surface area (Å²) in [5.74, 6) is -1.07. The van der Waals surface area contributed by atoms with Gasteiger partial charge in [-0.1, -0.05) is 52.3 Å². The van der Waals surface area contributed by atoms with Gasteiger partial charge in [-0.3, -0.25) is 9.59 Å². The minimum atomic E-state index is -0.622. The van der Waals surface area contributed by atoms with Gasteiger partial charge >= 0.3 is 5.97 Å². The second-order valence-electron chi connectivity index (χ2n) is 9.37. The van der Waals surface area contributed by atoms with Crippen LogP contribution < -0.4 is 25.1 Å². The van der Waals surface area contributed by atoms with Crippen molar-refractivity contribution >= 4 is 51.7 Å². The first-order valence-corrected chi connectivity index (χ1v) is 13.9. The van der Waals surface area contributed by atoms with E-state index in [1.807, 2.05) is 49.3 Å². The number of ether oxygens (including phenoxy) is 2. The third-order valence-corrected chi connectivity index (χ3v) is 6.57. The maximum atomic E-state index is 13.1. The van der Waals surface area contributed by atoms with E-state index in [0.29, 0.717) is 28.0 Å². The Bertz CT molecular complexity index is 1670. The summed E-state index contributed by atoms with van der Waals surface area (Å²) in [4.78, 5) is 40.5. The molecule has 10 heteroatoms. The molecule has 218 valence electrons. The number of nitrogens with one attached hydrogen (secondary N) is 2. The van der Waals surface area contributed by atoms with Crippen LogP contribution in [-0.4, -0.2) is 45.2 Å². The van der Waals surface area contributed by atoms with Crippen molar-refractivity contribution in [1.82, 2.24) is 10.7 Å². The second-order valence-corrected chi connectivity index (χ2v) is 10.3. The summed E-state index contributed by atoms with van der Waals surface area (Å²) in [6, 6.07) is 27.8. The summed E-state index contributed by atoms with van der Waals surface area (Å²) in [5.41, 5.74) is 5.52. The molecule has 2 N–H and O–H groups in total. The fraction of sp³-hybridized carbons (Fsp3) is 0.0909. The molecule has 0 aliphatic carbocycles. The molecule has 43 heavy (non-hydrogen) atoms. The molecule has 0 unspecified atom stereocenters. The second kappa shape index (κ2) is 14.6. The lowest BCUT2D eigenvalue weighted by Crippen LogP contribution is -2.32. The summed E-state index contributed by atoms with van der Waals surface area (Å²) in [7, 11) is 5.31. The molecule has 0 heterocycles. The average Bonchev–Trinajstić information content (AvgIpc) is 3.01. The predicted molar refractivity (Wildman–Crippen MR) is 170 cm³/mol. The van der Waals surface area contributed by atoms with E-state index in [1.54, 1.807) is 72.8 Å². The molecule has 0 aromatic heterocycles. The van der Waals surface area contributed by atoms with Crippen molar-refractivity contribution in [1.29, 1.82) is 0 Å². The van der Waals surface area contributed by atoms with Crippen molar-refractivity contribution < 1.29 is 23.9 Å². The zero-order valence-corrected chi connectivity index (χ0v) is 25.3. The van der Waals surface area contributed by atoms with Crippen LogP contribution in [-0.2, 0) is 4.79 Å². The highest BCUT2D eigenvalue weighted by Crippen LogP contribution is 2.28. The summed E-state index contributed by atoms with van der Waals surface area (Å²) < 4.78 is 11.7. The topological polar surface area (TPSA) is 109 Å². The van der Waals surface area contributed by atoms with Crippen molar-refractivity contribution in [3.63, 3.8) is 0 Å². The zero-order chi connectivity index (χ0) is 30.8. The molecule has 0 saturated heterocycles. The Hall–Kier alpha value is -5.22. The first kappa shape index (κ1) is 30.7. The number of benzene rings is 4. The third-order valence-electron chi connectivity index (χ3n) is 6.08. The lowest BCUT2D eigenvalue weighted by atomic mass is 10.1. The van der Waals surface area contributed by atoms with Crippen LogP contribution in [0, 0.1) is 0 Å². The van der Waals surface area contributed by atoms with E-state index in [9.17, 15) is 14.4 Å². The number of hydrogen-bond acceptors (Lipinski definition) is 7. The number of amides is 2. The van der Waals surface area contributed by atoms with Gasteiger partial charge in [-0.15, -0.1) is 0 Å². The maximum Gasteiger partial charge on any atom is 0.343 e. The molecular formula is C33H29BrN4O5. The number of hydrogen-bond donors (Lipinski definition) is 2. The van der Waals surface area contributed by atoms with Gasteiger partial charge in [0.05, 0.1) is 18.9 Å². The quantitative estimate of drug-likeness (QED) is 0.0761. The van der Waals surface area contributed by atoms with Gasteiger partial charge in [0.2, 0.25) is 0 Å². The molecule has 4 rings (SSSR count). The fourth-order valence-electron chi connectivity index (χ4n) is 3.83. The average molecular weight is 642 g/mol. The molecule has 0 bridgehead atoms. The first-order chi connectivity index (χ1) is 20.7. The molecule has 2 amide bonds. The number of carbonyl (C=O) groups is 3. The molecule has 0 spiro atoms. The number of carbonyl (C=O) groups excluding carboxylic acids is 3. The highest BCUT2D eigenvalue weighted by molar-refractivity contribution is 9.10. The molecule has 4 aromatic rings. The van der Waals surface area contributed by atoms with Gasteiger partial charge in [-0.05, 0) is 77.9 Å². The minimum Gasteiger partial charge on any atom is -0.493 e. The van der Waals surface area contributed by atoms with Gasteiger partial charge in [-0.2, -0.15) is 5.10 Å². The summed E-state index contributed by atoms with van der Waals surface area (Å²) in [6.07, 6.45) is 2.98. The van der Waals surface area contributed by atoms with E-state index < -0.39 is 17.8 Å². The molecule has 9 nitrogen and oxygen atoms in total. The monoisotopic (exact) mass is 640 g/mol. The van der Waals surface area contributed by atoms with E-state index in [4.69, 9.17) is 9.47 Å². The Morgan fingerprint density at radius 2 is 1.51 bits per heavy atom. The summed E-state index contributed by atoms with van der Waals surface area (Å²) >= 11 is 3.34. The molecule has 0 aliphatic heterocycles. The van der Waals surface area contributed by atoms with E-state index in [2.05, 4.69) is 31.8 Å². The Kier molecular flexibility index (Phi) is 10.4.